The van der Waals surface area contributed by atoms with Gasteiger partial charge < -0.3 is 15.0 Å². The van der Waals surface area contributed by atoms with Gasteiger partial charge in [0.15, 0.2) is 5.96 Å². The molecule has 0 amide bonds. The smallest absolute Gasteiger partial charge is 0.193 e. The van der Waals surface area contributed by atoms with Crippen LogP contribution in [0, 0.1) is 5.92 Å². The maximum Gasteiger partial charge on any atom is 0.193 e. The minimum atomic E-state index is 0.490. The van der Waals surface area contributed by atoms with Gasteiger partial charge in [-0.25, -0.2) is 0 Å². The summed E-state index contributed by atoms with van der Waals surface area (Å²) in [6.07, 6.45) is 1.06. The lowest BCUT2D eigenvalue weighted by Crippen LogP contribution is -2.53. The fourth-order valence-corrected chi connectivity index (χ4v) is 3.83. The van der Waals surface area contributed by atoms with Crippen molar-refractivity contribution in [1.82, 2.24) is 15.1 Å². The molecule has 2 aliphatic heterocycles. The second-order valence-corrected chi connectivity index (χ2v) is 7.48. The fourth-order valence-electron chi connectivity index (χ4n) is 3.83. The Bertz CT molecular complexity index is 579. The summed E-state index contributed by atoms with van der Waals surface area (Å²) in [5.74, 6) is 3.30. The van der Waals surface area contributed by atoms with E-state index in [0.717, 1.165) is 63.4 Å². The molecule has 0 aliphatic carbocycles. The van der Waals surface area contributed by atoms with E-state index in [1.165, 1.54) is 12.1 Å². The zero-order valence-electron chi connectivity index (χ0n) is 15.9. The zero-order valence-corrected chi connectivity index (χ0v) is 15.9. The lowest BCUT2D eigenvalue weighted by atomic mass is 9.93. The molecule has 2 heterocycles. The molecule has 1 aromatic rings. The molecule has 1 unspecified atom stereocenters. The highest BCUT2D eigenvalue weighted by Crippen LogP contribution is 2.32. The molecule has 1 N–H and O–H groups in total. The standard InChI is InChI=1S/C20H32N4O/c1-16(2)15-23-9-11-24(12-10-23)20(21-3)22-14-17-8-13-25-19-7-5-4-6-18(17)19/h4-7,16-17H,8-15H2,1-3H3,(H,21,22). The number of hydrogen-bond acceptors (Lipinski definition) is 3. The summed E-state index contributed by atoms with van der Waals surface area (Å²) in [6.45, 7) is 11.8. The van der Waals surface area contributed by atoms with Crippen LogP contribution in [-0.4, -0.2) is 68.7 Å². The number of nitrogens with zero attached hydrogens (tertiary/aromatic N) is 3. The van der Waals surface area contributed by atoms with Gasteiger partial charge in [0.1, 0.15) is 5.75 Å². The summed E-state index contributed by atoms with van der Waals surface area (Å²) in [5.41, 5.74) is 1.32. The molecule has 1 aromatic carbocycles. The number of para-hydroxylation sites is 1. The molecule has 0 spiro atoms. The lowest BCUT2D eigenvalue weighted by molar-refractivity contribution is 0.163. The maximum atomic E-state index is 5.77. The molecule has 1 atom stereocenters. The van der Waals surface area contributed by atoms with Crippen LogP contribution in [-0.2, 0) is 0 Å². The number of hydrogen-bond donors (Lipinski definition) is 1. The SMILES string of the molecule is CN=C(NCC1CCOc2ccccc21)N1CCN(CC(C)C)CC1. The van der Waals surface area contributed by atoms with E-state index in [4.69, 9.17) is 4.74 Å². The van der Waals surface area contributed by atoms with Gasteiger partial charge in [0.2, 0.25) is 0 Å². The predicted molar refractivity (Wildman–Crippen MR) is 104 cm³/mol. The van der Waals surface area contributed by atoms with Gasteiger partial charge in [-0.3, -0.25) is 9.89 Å². The number of fused-ring (bicyclic) bond motifs is 1. The van der Waals surface area contributed by atoms with Gasteiger partial charge in [-0.2, -0.15) is 0 Å². The van der Waals surface area contributed by atoms with E-state index in [2.05, 4.69) is 52.2 Å². The molecule has 0 radical (unpaired) electrons. The summed E-state index contributed by atoms with van der Waals surface area (Å²) in [6, 6.07) is 8.41. The van der Waals surface area contributed by atoms with Crippen molar-refractivity contribution in [3.63, 3.8) is 0 Å². The van der Waals surface area contributed by atoms with E-state index in [-0.39, 0.29) is 0 Å². The minimum Gasteiger partial charge on any atom is -0.493 e. The first-order valence-electron chi connectivity index (χ1n) is 9.57. The molecular formula is C20H32N4O. The second kappa shape index (κ2) is 8.56. The van der Waals surface area contributed by atoms with Crippen molar-refractivity contribution < 1.29 is 4.74 Å². The van der Waals surface area contributed by atoms with Crippen molar-refractivity contribution in [2.24, 2.45) is 10.9 Å². The van der Waals surface area contributed by atoms with E-state index in [0.29, 0.717) is 5.92 Å². The maximum absolute atomic E-state index is 5.77. The Hall–Kier alpha value is -1.75. The van der Waals surface area contributed by atoms with Crippen LogP contribution in [0.25, 0.3) is 0 Å². The first-order chi connectivity index (χ1) is 12.2. The molecule has 1 saturated heterocycles. The van der Waals surface area contributed by atoms with Gasteiger partial charge in [-0.1, -0.05) is 32.0 Å². The summed E-state index contributed by atoms with van der Waals surface area (Å²) < 4.78 is 5.77. The van der Waals surface area contributed by atoms with Gasteiger partial charge in [0.05, 0.1) is 6.61 Å². The van der Waals surface area contributed by atoms with Gasteiger partial charge in [-0.15, -0.1) is 0 Å². The van der Waals surface area contributed by atoms with E-state index < -0.39 is 0 Å². The zero-order chi connectivity index (χ0) is 17.6. The van der Waals surface area contributed by atoms with Crippen molar-refractivity contribution in [3.8, 4) is 5.75 Å². The Kier molecular flexibility index (Phi) is 6.19. The van der Waals surface area contributed by atoms with Gasteiger partial charge in [0.25, 0.3) is 0 Å². The number of rotatable bonds is 4. The third kappa shape index (κ3) is 4.66. The Labute approximate surface area is 152 Å². The van der Waals surface area contributed by atoms with Crippen molar-refractivity contribution in [3.05, 3.63) is 29.8 Å². The number of aliphatic imine (C=N–C) groups is 1. The molecule has 0 saturated carbocycles. The molecule has 2 aliphatic rings. The minimum absolute atomic E-state index is 0.490. The van der Waals surface area contributed by atoms with E-state index in [1.807, 2.05) is 13.1 Å². The van der Waals surface area contributed by atoms with Crippen LogP contribution in [0.15, 0.2) is 29.3 Å². The van der Waals surface area contributed by atoms with E-state index >= 15 is 0 Å². The van der Waals surface area contributed by atoms with Crippen molar-refractivity contribution in [2.75, 3.05) is 52.9 Å². The normalized spacial score (nSPS) is 21.8. The number of piperazine rings is 1. The summed E-state index contributed by atoms with van der Waals surface area (Å²) in [7, 11) is 1.89. The number of nitrogens with one attached hydrogen (secondary N) is 1. The Morgan fingerprint density at radius 2 is 2.00 bits per heavy atom. The number of benzene rings is 1. The van der Waals surface area contributed by atoms with Crippen LogP contribution in [0.5, 0.6) is 5.75 Å². The highest BCUT2D eigenvalue weighted by atomic mass is 16.5. The Morgan fingerprint density at radius 3 is 2.72 bits per heavy atom. The van der Waals surface area contributed by atoms with Crippen LogP contribution in [0.2, 0.25) is 0 Å². The third-order valence-electron chi connectivity index (χ3n) is 5.10. The number of ether oxygens (including phenoxy) is 1. The van der Waals surface area contributed by atoms with Crippen molar-refractivity contribution in [1.29, 1.82) is 0 Å². The first-order valence-corrected chi connectivity index (χ1v) is 9.57. The molecule has 138 valence electrons. The van der Waals surface area contributed by atoms with Crippen molar-refractivity contribution >= 4 is 5.96 Å². The third-order valence-corrected chi connectivity index (χ3v) is 5.10. The summed E-state index contributed by atoms with van der Waals surface area (Å²) in [5, 5.41) is 3.61. The largest absolute Gasteiger partial charge is 0.493 e. The molecule has 5 heteroatoms. The average molecular weight is 345 g/mol. The Morgan fingerprint density at radius 1 is 1.24 bits per heavy atom. The summed E-state index contributed by atoms with van der Waals surface area (Å²) in [4.78, 5) is 9.47. The highest BCUT2D eigenvalue weighted by molar-refractivity contribution is 5.80. The number of guanidine groups is 1. The van der Waals surface area contributed by atoms with E-state index in [9.17, 15) is 0 Å². The molecule has 0 bridgehead atoms. The Balaban J connectivity index is 1.53. The molecular weight excluding hydrogens is 312 g/mol. The highest BCUT2D eigenvalue weighted by Gasteiger charge is 2.23. The predicted octanol–water partition coefficient (Wildman–Crippen LogP) is 2.40. The average Bonchev–Trinajstić information content (AvgIpc) is 2.63. The molecule has 0 aromatic heterocycles. The van der Waals surface area contributed by atoms with Gasteiger partial charge in [0, 0.05) is 52.2 Å². The molecule has 25 heavy (non-hydrogen) atoms. The molecule has 5 nitrogen and oxygen atoms in total. The van der Waals surface area contributed by atoms with Crippen molar-refractivity contribution in [2.45, 2.75) is 26.2 Å². The monoisotopic (exact) mass is 344 g/mol. The molecule has 3 rings (SSSR count). The van der Waals surface area contributed by atoms with Crippen LogP contribution >= 0.6 is 0 Å². The topological polar surface area (TPSA) is 40.1 Å². The van der Waals surface area contributed by atoms with Gasteiger partial charge >= 0.3 is 0 Å². The molecule has 1 fully saturated rings. The van der Waals surface area contributed by atoms with Crippen LogP contribution in [0.4, 0.5) is 0 Å². The van der Waals surface area contributed by atoms with Gasteiger partial charge in [-0.05, 0) is 24.0 Å². The van der Waals surface area contributed by atoms with Crippen LogP contribution in [0.1, 0.15) is 31.7 Å². The van der Waals surface area contributed by atoms with Crippen LogP contribution < -0.4 is 10.1 Å². The van der Waals surface area contributed by atoms with Crippen LogP contribution in [0.3, 0.4) is 0 Å². The lowest BCUT2D eigenvalue weighted by Gasteiger charge is -2.37. The summed E-state index contributed by atoms with van der Waals surface area (Å²) >= 11 is 0. The van der Waals surface area contributed by atoms with E-state index in [1.54, 1.807) is 0 Å². The fraction of sp³-hybridized carbons (Fsp3) is 0.650. The quantitative estimate of drug-likeness (QED) is 0.673. The first kappa shape index (κ1) is 18.1. The second-order valence-electron chi connectivity index (χ2n) is 7.48.